The Bertz CT molecular complexity index is 638. The molecule has 3 nitrogen and oxygen atoms in total. The van der Waals surface area contributed by atoms with Gasteiger partial charge >= 0.3 is 0 Å². The molecule has 2 aromatic rings. The molecule has 1 aromatic carbocycles. The van der Waals surface area contributed by atoms with Crippen molar-refractivity contribution in [2.24, 2.45) is 0 Å². The first kappa shape index (κ1) is 13.7. The maximum atomic E-state index is 4.12. The van der Waals surface area contributed by atoms with E-state index >= 15 is 0 Å². The Morgan fingerprint density at radius 1 is 1.38 bits per heavy atom. The molecule has 1 aliphatic rings. The maximum Gasteiger partial charge on any atom is 0.0921 e. The van der Waals surface area contributed by atoms with Crippen LogP contribution in [0.15, 0.2) is 49.1 Å². The number of aryl methyl sites for hydroxylation is 2. The zero-order chi connectivity index (χ0) is 14.5. The van der Waals surface area contributed by atoms with E-state index in [2.05, 4.69) is 52.2 Å². The Hall–Kier alpha value is -2.29. The number of fused-ring (bicyclic) bond motifs is 1. The second kappa shape index (κ2) is 6.44. The Balaban J connectivity index is 1.56. The minimum absolute atomic E-state index is 0.843. The average molecular weight is 279 g/mol. The smallest absolute Gasteiger partial charge is 0.0921 e. The van der Waals surface area contributed by atoms with E-state index in [1.807, 2.05) is 6.20 Å². The number of rotatable bonds is 6. The quantitative estimate of drug-likeness (QED) is 0.848. The highest BCUT2D eigenvalue weighted by Gasteiger charge is 2.08. The summed E-state index contributed by atoms with van der Waals surface area (Å²) in [5.74, 6) is 0. The minimum atomic E-state index is 0.843. The van der Waals surface area contributed by atoms with Crippen molar-refractivity contribution in [3.05, 3.63) is 71.5 Å². The number of hydrogen-bond acceptors (Lipinski definition) is 2. The second-order valence-electron chi connectivity index (χ2n) is 5.46. The van der Waals surface area contributed by atoms with Gasteiger partial charge in [-0.05, 0) is 42.4 Å². The first-order valence-electron chi connectivity index (χ1n) is 7.49. The van der Waals surface area contributed by atoms with E-state index in [1.54, 1.807) is 6.33 Å². The van der Waals surface area contributed by atoms with Crippen LogP contribution in [0.25, 0.3) is 6.08 Å². The molecule has 0 bridgehead atoms. The molecule has 1 aliphatic carbocycles. The predicted octanol–water partition coefficient (Wildman–Crippen LogP) is 3.61. The van der Waals surface area contributed by atoms with Crippen molar-refractivity contribution in [3.8, 4) is 0 Å². The summed E-state index contributed by atoms with van der Waals surface area (Å²) in [7, 11) is 0. The van der Waals surface area contributed by atoms with Gasteiger partial charge < -0.3 is 10.3 Å². The molecule has 0 atom stereocenters. The molecule has 0 radical (unpaired) electrons. The SMILES string of the molecule is C=C(CCc1cnc[nH]1)NCc1cccc2c1C=CCC2. The highest BCUT2D eigenvalue weighted by molar-refractivity contribution is 5.60. The number of allylic oxidation sites excluding steroid dienone is 2. The molecule has 0 spiro atoms. The summed E-state index contributed by atoms with van der Waals surface area (Å²) >= 11 is 0. The molecule has 3 heteroatoms. The highest BCUT2D eigenvalue weighted by atomic mass is 14.9. The second-order valence-corrected chi connectivity index (χ2v) is 5.46. The Kier molecular flexibility index (Phi) is 4.20. The first-order valence-corrected chi connectivity index (χ1v) is 7.49. The third kappa shape index (κ3) is 3.43. The predicted molar refractivity (Wildman–Crippen MR) is 86.7 cm³/mol. The Morgan fingerprint density at radius 2 is 2.33 bits per heavy atom. The topological polar surface area (TPSA) is 40.7 Å². The van der Waals surface area contributed by atoms with Crippen LogP contribution in [-0.2, 0) is 19.4 Å². The molecule has 0 aliphatic heterocycles. The van der Waals surface area contributed by atoms with Crippen molar-refractivity contribution >= 4 is 6.08 Å². The molecule has 2 N–H and O–H groups in total. The monoisotopic (exact) mass is 279 g/mol. The summed E-state index contributed by atoms with van der Waals surface area (Å²) in [5, 5.41) is 3.45. The van der Waals surface area contributed by atoms with Crippen LogP contribution in [0.4, 0.5) is 0 Å². The lowest BCUT2D eigenvalue weighted by atomic mass is 9.93. The molecule has 0 saturated heterocycles. The zero-order valence-corrected chi connectivity index (χ0v) is 12.2. The van der Waals surface area contributed by atoms with Crippen LogP contribution in [0.3, 0.4) is 0 Å². The van der Waals surface area contributed by atoms with Gasteiger partial charge in [-0.2, -0.15) is 0 Å². The van der Waals surface area contributed by atoms with E-state index in [-0.39, 0.29) is 0 Å². The molecule has 21 heavy (non-hydrogen) atoms. The van der Waals surface area contributed by atoms with Crippen molar-refractivity contribution in [3.63, 3.8) is 0 Å². The van der Waals surface area contributed by atoms with E-state index in [0.717, 1.165) is 43.6 Å². The lowest BCUT2D eigenvalue weighted by Gasteiger charge is -2.16. The molecular weight excluding hydrogens is 258 g/mol. The van der Waals surface area contributed by atoms with Gasteiger partial charge in [-0.3, -0.25) is 0 Å². The van der Waals surface area contributed by atoms with Crippen molar-refractivity contribution < 1.29 is 0 Å². The molecule has 0 amide bonds. The number of hydrogen-bond donors (Lipinski definition) is 2. The van der Waals surface area contributed by atoms with Crippen molar-refractivity contribution in [1.82, 2.24) is 15.3 Å². The van der Waals surface area contributed by atoms with E-state index in [4.69, 9.17) is 0 Å². The standard InChI is InChI=1S/C18H21N3/c1-14(9-10-17-12-19-13-21-17)20-11-16-7-4-6-15-5-2-3-8-18(15)16/h3-4,6-8,12-13,20H,1-2,5,9-11H2,(H,19,21). The molecule has 0 saturated carbocycles. The number of nitrogens with zero attached hydrogens (tertiary/aromatic N) is 1. The van der Waals surface area contributed by atoms with Crippen molar-refractivity contribution in [1.29, 1.82) is 0 Å². The number of aromatic amines is 1. The fraction of sp³-hybridized carbons (Fsp3) is 0.278. The van der Waals surface area contributed by atoms with Crippen LogP contribution in [-0.4, -0.2) is 9.97 Å². The van der Waals surface area contributed by atoms with Gasteiger partial charge in [-0.25, -0.2) is 4.98 Å². The number of nitrogens with one attached hydrogen (secondary N) is 2. The number of aromatic nitrogens is 2. The molecule has 0 unspecified atom stereocenters. The Labute approximate surface area is 125 Å². The van der Waals surface area contributed by atoms with Crippen LogP contribution in [0, 0.1) is 0 Å². The van der Waals surface area contributed by atoms with Gasteiger partial charge in [0, 0.05) is 24.1 Å². The summed E-state index contributed by atoms with van der Waals surface area (Å²) in [4.78, 5) is 7.15. The van der Waals surface area contributed by atoms with Crippen LogP contribution in [0.1, 0.15) is 35.2 Å². The lowest BCUT2D eigenvalue weighted by Crippen LogP contribution is -2.14. The van der Waals surface area contributed by atoms with Crippen LogP contribution < -0.4 is 5.32 Å². The lowest BCUT2D eigenvalue weighted by molar-refractivity contribution is 0.742. The van der Waals surface area contributed by atoms with Gasteiger partial charge in [-0.15, -0.1) is 0 Å². The van der Waals surface area contributed by atoms with Gasteiger partial charge in [0.2, 0.25) is 0 Å². The van der Waals surface area contributed by atoms with Crippen LogP contribution in [0.5, 0.6) is 0 Å². The third-order valence-electron chi connectivity index (χ3n) is 3.93. The first-order chi connectivity index (χ1) is 10.3. The zero-order valence-electron chi connectivity index (χ0n) is 12.2. The van der Waals surface area contributed by atoms with Crippen molar-refractivity contribution in [2.75, 3.05) is 0 Å². The van der Waals surface area contributed by atoms with Gasteiger partial charge in [-0.1, -0.05) is 36.9 Å². The molecular formula is C18H21N3. The summed E-state index contributed by atoms with van der Waals surface area (Å²) in [5.41, 5.74) is 6.42. The maximum absolute atomic E-state index is 4.12. The van der Waals surface area contributed by atoms with Gasteiger partial charge in [0.05, 0.1) is 6.33 Å². The molecule has 1 aromatic heterocycles. The molecule has 3 rings (SSSR count). The van der Waals surface area contributed by atoms with E-state index in [1.165, 1.54) is 16.7 Å². The number of benzene rings is 1. The van der Waals surface area contributed by atoms with Crippen molar-refractivity contribution in [2.45, 2.75) is 32.2 Å². The van der Waals surface area contributed by atoms with Gasteiger partial charge in [0.15, 0.2) is 0 Å². The average Bonchev–Trinajstić information content (AvgIpc) is 3.04. The van der Waals surface area contributed by atoms with Gasteiger partial charge in [0.25, 0.3) is 0 Å². The third-order valence-corrected chi connectivity index (χ3v) is 3.93. The van der Waals surface area contributed by atoms with E-state index in [9.17, 15) is 0 Å². The number of imidazole rings is 1. The summed E-state index contributed by atoms with van der Waals surface area (Å²) < 4.78 is 0. The largest absolute Gasteiger partial charge is 0.385 e. The van der Waals surface area contributed by atoms with E-state index in [0.29, 0.717) is 0 Å². The normalized spacial score (nSPS) is 13.0. The van der Waals surface area contributed by atoms with Crippen LogP contribution >= 0.6 is 0 Å². The summed E-state index contributed by atoms with van der Waals surface area (Å²) in [6.07, 6.45) is 12.3. The Morgan fingerprint density at radius 3 is 3.19 bits per heavy atom. The fourth-order valence-corrected chi connectivity index (χ4v) is 2.71. The molecule has 0 fully saturated rings. The molecule has 108 valence electrons. The fourth-order valence-electron chi connectivity index (χ4n) is 2.71. The highest BCUT2D eigenvalue weighted by Crippen LogP contribution is 2.23. The van der Waals surface area contributed by atoms with Gasteiger partial charge in [0.1, 0.15) is 0 Å². The van der Waals surface area contributed by atoms with Crippen LogP contribution in [0.2, 0.25) is 0 Å². The van der Waals surface area contributed by atoms with E-state index < -0.39 is 0 Å². The summed E-state index contributed by atoms with van der Waals surface area (Å²) in [6.45, 7) is 4.96. The summed E-state index contributed by atoms with van der Waals surface area (Å²) in [6, 6.07) is 6.58. The number of H-pyrrole nitrogens is 1. The minimum Gasteiger partial charge on any atom is -0.385 e. The molecule has 1 heterocycles.